The highest BCUT2D eigenvalue weighted by atomic mass is 35.5. The van der Waals surface area contributed by atoms with Gasteiger partial charge in [-0.1, -0.05) is 23.7 Å². The summed E-state index contributed by atoms with van der Waals surface area (Å²) >= 11 is 6.06. The number of carbonyl (C=O) groups is 1. The smallest absolute Gasteiger partial charge is 0.251 e. The molecule has 0 heterocycles. The van der Waals surface area contributed by atoms with Crippen LogP contribution in [-0.2, 0) is 6.54 Å². The Morgan fingerprint density at radius 1 is 1.25 bits per heavy atom. The summed E-state index contributed by atoms with van der Waals surface area (Å²) < 4.78 is 5.10. The van der Waals surface area contributed by atoms with E-state index in [2.05, 4.69) is 15.6 Å². The molecule has 0 spiro atoms. The molecule has 0 aliphatic heterocycles. The normalized spacial score (nSPS) is 11.0. The highest BCUT2D eigenvalue weighted by molar-refractivity contribution is 6.32. The fourth-order valence-corrected chi connectivity index (χ4v) is 2.27. The van der Waals surface area contributed by atoms with Crippen molar-refractivity contribution in [2.24, 2.45) is 10.7 Å². The lowest BCUT2D eigenvalue weighted by Crippen LogP contribution is -2.22. The van der Waals surface area contributed by atoms with E-state index in [4.69, 9.17) is 22.1 Å². The number of aliphatic imine (C=N–C) groups is 1. The summed E-state index contributed by atoms with van der Waals surface area (Å²) in [4.78, 5) is 15.7. The number of hydrogen-bond acceptors (Lipinski definition) is 3. The quantitative estimate of drug-likeness (QED) is 0.573. The second kappa shape index (κ2) is 8.21. The average molecular weight is 347 g/mol. The standard InChI is InChI=1S/C17H19ClN4O2/c1-20-16(23)12-5-3-11(4-6-12)10-21-17(19)22-13-7-8-15(24-2)14(18)9-13/h3-9H,10H2,1-2H3,(H,20,23)(H3,19,21,22). The highest BCUT2D eigenvalue weighted by Gasteiger charge is 2.04. The summed E-state index contributed by atoms with van der Waals surface area (Å²) in [6.45, 7) is 0.400. The van der Waals surface area contributed by atoms with Crippen LogP contribution in [-0.4, -0.2) is 26.0 Å². The van der Waals surface area contributed by atoms with Gasteiger partial charge in [0.1, 0.15) is 5.75 Å². The van der Waals surface area contributed by atoms with Gasteiger partial charge < -0.3 is 21.1 Å². The van der Waals surface area contributed by atoms with E-state index in [1.807, 2.05) is 12.1 Å². The molecule has 4 N–H and O–H groups in total. The molecule has 6 nitrogen and oxygen atoms in total. The van der Waals surface area contributed by atoms with Crippen LogP contribution < -0.4 is 21.1 Å². The fraction of sp³-hybridized carbons (Fsp3) is 0.176. The molecule has 0 fully saturated rings. The maximum atomic E-state index is 11.5. The van der Waals surface area contributed by atoms with Gasteiger partial charge in [-0.3, -0.25) is 4.79 Å². The second-order valence-electron chi connectivity index (χ2n) is 4.95. The summed E-state index contributed by atoms with van der Waals surface area (Å²) in [5, 5.41) is 6.03. The number of hydrogen-bond donors (Lipinski definition) is 3. The van der Waals surface area contributed by atoms with Crippen molar-refractivity contribution >= 4 is 29.2 Å². The van der Waals surface area contributed by atoms with E-state index in [0.717, 1.165) is 11.3 Å². The third kappa shape index (κ3) is 4.63. The predicted molar refractivity (Wildman–Crippen MR) is 96.8 cm³/mol. The zero-order valence-corrected chi connectivity index (χ0v) is 14.2. The van der Waals surface area contributed by atoms with Crippen LogP contribution in [0.3, 0.4) is 0 Å². The summed E-state index contributed by atoms with van der Waals surface area (Å²) in [5.41, 5.74) is 8.14. The number of nitrogens with two attached hydrogens (primary N) is 1. The third-order valence-electron chi connectivity index (χ3n) is 3.30. The van der Waals surface area contributed by atoms with E-state index in [1.54, 1.807) is 44.5 Å². The molecule has 0 aromatic heterocycles. The number of nitrogens with zero attached hydrogens (tertiary/aromatic N) is 1. The largest absolute Gasteiger partial charge is 0.495 e. The molecule has 0 radical (unpaired) electrons. The molecular weight excluding hydrogens is 328 g/mol. The van der Waals surface area contributed by atoms with Crippen molar-refractivity contribution in [1.29, 1.82) is 0 Å². The Labute approximate surface area is 145 Å². The molecule has 0 aliphatic carbocycles. The molecule has 24 heavy (non-hydrogen) atoms. The molecule has 2 rings (SSSR count). The molecule has 2 aromatic carbocycles. The first-order valence-electron chi connectivity index (χ1n) is 7.25. The SMILES string of the molecule is CNC(=O)c1ccc(CN=C(N)Nc2ccc(OC)c(Cl)c2)cc1. The molecule has 0 aliphatic rings. The number of methoxy groups -OCH3 is 1. The summed E-state index contributed by atoms with van der Waals surface area (Å²) in [5.74, 6) is 0.739. The van der Waals surface area contributed by atoms with E-state index in [1.165, 1.54) is 0 Å². The van der Waals surface area contributed by atoms with Gasteiger partial charge >= 0.3 is 0 Å². The monoisotopic (exact) mass is 346 g/mol. The average Bonchev–Trinajstić information content (AvgIpc) is 2.60. The highest BCUT2D eigenvalue weighted by Crippen LogP contribution is 2.27. The van der Waals surface area contributed by atoms with Crippen molar-refractivity contribution < 1.29 is 9.53 Å². The van der Waals surface area contributed by atoms with E-state index in [0.29, 0.717) is 22.9 Å². The number of halogens is 1. The number of ether oxygens (including phenoxy) is 1. The molecule has 0 saturated heterocycles. The van der Waals surface area contributed by atoms with Gasteiger partial charge in [-0.2, -0.15) is 0 Å². The lowest BCUT2D eigenvalue weighted by molar-refractivity contribution is 0.0963. The van der Waals surface area contributed by atoms with Crippen molar-refractivity contribution in [1.82, 2.24) is 5.32 Å². The Balaban J connectivity index is 1.98. The Hall–Kier alpha value is -2.73. The van der Waals surface area contributed by atoms with Crippen molar-refractivity contribution in [2.75, 3.05) is 19.5 Å². The lowest BCUT2D eigenvalue weighted by atomic mass is 10.1. The van der Waals surface area contributed by atoms with E-state index < -0.39 is 0 Å². The predicted octanol–water partition coefficient (Wildman–Crippen LogP) is 2.64. The Morgan fingerprint density at radius 3 is 2.54 bits per heavy atom. The minimum absolute atomic E-state index is 0.123. The molecule has 0 bridgehead atoms. The topological polar surface area (TPSA) is 88.7 Å². The van der Waals surface area contributed by atoms with Crippen molar-refractivity contribution in [3.05, 3.63) is 58.6 Å². The fourth-order valence-electron chi connectivity index (χ4n) is 2.01. The minimum Gasteiger partial charge on any atom is -0.495 e. The van der Waals surface area contributed by atoms with Crippen LogP contribution in [0.1, 0.15) is 15.9 Å². The maximum Gasteiger partial charge on any atom is 0.251 e. The summed E-state index contributed by atoms with van der Waals surface area (Å²) in [7, 11) is 3.15. The molecular formula is C17H19ClN4O2. The number of amides is 1. The number of benzene rings is 2. The van der Waals surface area contributed by atoms with E-state index in [9.17, 15) is 4.79 Å². The molecule has 0 saturated carbocycles. The van der Waals surface area contributed by atoms with Crippen molar-refractivity contribution in [3.63, 3.8) is 0 Å². The van der Waals surface area contributed by atoms with Crippen LogP contribution in [0.5, 0.6) is 5.75 Å². The Kier molecular flexibility index (Phi) is 6.03. The first kappa shape index (κ1) is 17.6. The summed E-state index contributed by atoms with van der Waals surface area (Å²) in [6, 6.07) is 12.4. The lowest BCUT2D eigenvalue weighted by Gasteiger charge is -2.08. The first-order valence-corrected chi connectivity index (χ1v) is 7.62. The number of carbonyl (C=O) groups excluding carboxylic acids is 1. The third-order valence-corrected chi connectivity index (χ3v) is 3.59. The van der Waals surface area contributed by atoms with E-state index >= 15 is 0 Å². The second-order valence-corrected chi connectivity index (χ2v) is 5.36. The number of rotatable bonds is 5. The molecule has 1 amide bonds. The maximum absolute atomic E-state index is 11.5. The number of nitrogens with one attached hydrogen (secondary N) is 2. The van der Waals surface area contributed by atoms with Gasteiger partial charge in [-0.25, -0.2) is 4.99 Å². The van der Waals surface area contributed by atoms with Crippen LogP contribution in [0.2, 0.25) is 5.02 Å². The van der Waals surface area contributed by atoms with Gasteiger partial charge in [0.05, 0.1) is 18.7 Å². The molecule has 7 heteroatoms. The number of anilines is 1. The Morgan fingerprint density at radius 2 is 1.96 bits per heavy atom. The molecule has 126 valence electrons. The van der Waals surface area contributed by atoms with Crippen LogP contribution in [0.4, 0.5) is 5.69 Å². The zero-order valence-electron chi connectivity index (χ0n) is 13.5. The van der Waals surface area contributed by atoms with Gasteiger partial charge in [0.25, 0.3) is 5.91 Å². The number of guanidine groups is 1. The molecule has 0 atom stereocenters. The van der Waals surface area contributed by atoms with Gasteiger partial charge in [-0.15, -0.1) is 0 Å². The molecule has 0 unspecified atom stereocenters. The van der Waals surface area contributed by atoms with Crippen molar-refractivity contribution in [2.45, 2.75) is 6.54 Å². The minimum atomic E-state index is -0.123. The molecule has 2 aromatic rings. The Bertz CT molecular complexity index is 745. The van der Waals surface area contributed by atoms with Crippen LogP contribution in [0, 0.1) is 0 Å². The van der Waals surface area contributed by atoms with Crippen LogP contribution in [0.15, 0.2) is 47.5 Å². The summed E-state index contributed by atoms with van der Waals surface area (Å²) in [6.07, 6.45) is 0. The van der Waals surface area contributed by atoms with Crippen LogP contribution in [0.25, 0.3) is 0 Å². The van der Waals surface area contributed by atoms with Gasteiger partial charge in [0.15, 0.2) is 5.96 Å². The van der Waals surface area contributed by atoms with Crippen LogP contribution >= 0.6 is 11.6 Å². The first-order chi connectivity index (χ1) is 11.5. The van der Waals surface area contributed by atoms with Crippen molar-refractivity contribution in [3.8, 4) is 5.75 Å². The van der Waals surface area contributed by atoms with Gasteiger partial charge in [0, 0.05) is 18.3 Å². The van der Waals surface area contributed by atoms with Gasteiger partial charge in [0.2, 0.25) is 0 Å². The zero-order chi connectivity index (χ0) is 17.5. The van der Waals surface area contributed by atoms with Gasteiger partial charge in [-0.05, 0) is 35.9 Å². The van der Waals surface area contributed by atoms with E-state index in [-0.39, 0.29) is 11.9 Å².